The molecule has 1 aliphatic rings. The standard InChI is InChI=1S/C16H18N6/c1-10-5-6-17-12(7-10)14(11-3-4-11)20-16-18-8-13-15(21-16)19-9-22(13)2/h5-9,11,14H,3-4H2,1-2H3,(H,18,20,21). The molecule has 1 N–H and O–H groups in total. The number of pyridine rings is 1. The first-order valence-electron chi connectivity index (χ1n) is 7.54. The van der Waals surface area contributed by atoms with Crippen LogP contribution >= 0.6 is 0 Å². The van der Waals surface area contributed by atoms with E-state index >= 15 is 0 Å². The molecule has 0 aromatic carbocycles. The normalized spacial score (nSPS) is 15.9. The van der Waals surface area contributed by atoms with Crippen molar-refractivity contribution < 1.29 is 0 Å². The Morgan fingerprint density at radius 3 is 2.91 bits per heavy atom. The van der Waals surface area contributed by atoms with E-state index in [0.29, 0.717) is 17.5 Å². The first-order valence-corrected chi connectivity index (χ1v) is 7.54. The molecule has 1 fully saturated rings. The molecule has 0 amide bonds. The zero-order valence-electron chi connectivity index (χ0n) is 12.7. The van der Waals surface area contributed by atoms with Crippen molar-refractivity contribution in [3.63, 3.8) is 0 Å². The molecule has 6 nitrogen and oxygen atoms in total. The van der Waals surface area contributed by atoms with Gasteiger partial charge < -0.3 is 9.88 Å². The maximum Gasteiger partial charge on any atom is 0.225 e. The lowest BCUT2D eigenvalue weighted by atomic mass is 10.1. The van der Waals surface area contributed by atoms with Crippen LogP contribution in [0.25, 0.3) is 11.2 Å². The first-order chi connectivity index (χ1) is 10.7. The molecule has 112 valence electrons. The van der Waals surface area contributed by atoms with Crippen molar-refractivity contribution in [3.8, 4) is 0 Å². The molecule has 1 atom stereocenters. The lowest BCUT2D eigenvalue weighted by Crippen LogP contribution is -2.16. The van der Waals surface area contributed by atoms with Crippen LogP contribution in [-0.4, -0.2) is 24.5 Å². The molecule has 0 aliphatic heterocycles. The first kappa shape index (κ1) is 13.2. The summed E-state index contributed by atoms with van der Waals surface area (Å²) in [5, 5.41) is 3.45. The fourth-order valence-corrected chi connectivity index (χ4v) is 2.71. The van der Waals surface area contributed by atoms with E-state index in [0.717, 1.165) is 11.2 Å². The topological polar surface area (TPSA) is 68.5 Å². The largest absolute Gasteiger partial charge is 0.346 e. The van der Waals surface area contributed by atoms with Crippen molar-refractivity contribution in [2.75, 3.05) is 5.32 Å². The van der Waals surface area contributed by atoms with Crippen LogP contribution in [0.2, 0.25) is 0 Å². The van der Waals surface area contributed by atoms with E-state index in [2.05, 4.69) is 38.2 Å². The monoisotopic (exact) mass is 294 g/mol. The third kappa shape index (κ3) is 2.41. The molecule has 0 spiro atoms. The number of hydrogen-bond donors (Lipinski definition) is 1. The van der Waals surface area contributed by atoms with Gasteiger partial charge in [0.15, 0.2) is 5.65 Å². The Balaban J connectivity index is 1.65. The third-order valence-corrected chi connectivity index (χ3v) is 4.12. The van der Waals surface area contributed by atoms with Crippen molar-refractivity contribution in [3.05, 3.63) is 42.1 Å². The van der Waals surface area contributed by atoms with Gasteiger partial charge in [-0.3, -0.25) is 4.98 Å². The van der Waals surface area contributed by atoms with E-state index in [1.165, 1.54) is 18.4 Å². The molecule has 0 radical (unpaired) electrons. The molecule has 4 rings (SSSR count). The summed E-state index contributed by atoms with van der Waals surface area (Å²) in [7, 11) is 1.94. The summed E-state index contributed by atoms with van der Waals surface area (Å²) in [5.41, 5.74) is 3.93. The molecule has 0 saturated heterocycles. The molecule has 1 aliphatic carbocycles. The number of anilines is 1. The Kier molecular flexibility index (Phi) is 3.03. The molecule has 6 heteroatoms. The van der Waals surface area contributed by atoms with Gasteiger partial charge in [0.05, 0.1) is 24.3 Å². The molecule has 1 unspecified atom stereocenters. The van der Waals surface area contributed by atoms with E-state index in [-0.39, 0.29) is 6.04 Å². The van der Waals surface area contributed by atoms with Crippen molar-refractivity contribution in [1.29, 1.82) is 0 Å². The van der Waals surface area contributed by atoms with E-state index < -0.39 is 0 Å². The molecule has 3 aromatic heterocycles. The smallest absolute Gasteiger partial charge is 0.225 e. The number of fused-ring (bicyclic) bond motifs is 1. The number of aryl methyl sites for hydroxylation is 2. The zero-order valence-corrected chi connectivity index (χ0v) is 12.7. The molecular formula is C16H18N6. The van der Waals surface area contributed by atoms with Crippen LogP contribution < -0.4 is 5.32 Å². The molecule has 3 heterocycles. The van der Waals surface area contributed by atoms with Crippen LogP contribution in [0.4, 0.5) is 5.95 Å². The van der Waals surface area contributed by atoms with Crippen molar-refractivity contribution in [1.82, 2.24) is 24.5 Å². The summed E-state index contributed by atoms with van der Waals surface area (Å²) in [6, 6.07) is 4.32. The summed E-state index contributed by atoms with van der Waals surface area (Å²) in [6.07, 6.45) is 7.87. The minimum atomic E-state index is 0.168. The minimum absolute atomic E-state index is 0.168. The van der Waals surface area contributed by atoms with E-state index in [9.17, 15) is 0 Å². The summed E-state index contributed by atoms with van der Waals surface area (Å²) >= 11 is 0. The Bertz CT molecular complexity index is 820. The quantitative estimate of drug-likeness (QED) is 0.801. The maximum absolute atomic E-state index is 4.53. The van der Waals surface area contributed by atoms with Gasteiger partial charge in [0.25, 0.3) is 0 Å². The van der Waals surface area contributed by atoms with Gasteiger partial charge in [0.1, 0.15) is 5.52 Å². The number of rotatable bonds is 4. The lowest BCUT2D eigenvalue weighted by Gasteiger charge is -2.18. The maximum atomic E-state index is 4.53. The zero-order chi connectivity index (χ0) is 15.1. The Morgan fingerprint density at radius 2 is 2.14 bits per heavy atom. The summed E-state index contributed by atoms with van der Waals surface area (Å²) < 4.78 is 1.92. The predicted molar refractivity (Wildman–Crippen MR) is 84.4 cm³/mol. The van der Waals surface area contributed by atoms with Crippen LogP contribution in [0.1, 0.15) is 30.1 Å². The highest BCUT2D eigenvalue weighted by Crippen LogP contribution is 2.42. The van der Waals surface area contributed by atoms with E-state index in [1.54, 1.807) is 6.33 Å². The van der Waals surface area contributed by atoms with E-state index in [4.69, 9.17) is 0 Å². The number of nitrogens with one attached hydrogen (secondary N) is 1. The summed E-state index contributed by atoms with van der Waals surface area (Å²) in [4.78, 5) is 17.8. The second-order valence-corrected chi connectivity index (χ2v) is 5.98. The molecule has 0 bridgehead atoms. The van der Waals surface area contributed by atoms with Crippen molar-refractivity contribution >= 4 is 17.1 Å². The van der Waals surface area contributed by atoms with Crippen LogP contribution in [0.3, 0.4) is 0 Å². The SMILES string of the molecule is Cc1ccnc(C(Nc2ncc3c(ncn3C)n2)C2CC2)c1. The highest BCUT2D eigenvalue weighted by molar-refractivity contribution is 5.70. The number of imidazole rings is 1. The highest BCUT2D eigenvalue weighted by Gasteiger charge is 2.33. The van der Waals surface area contributed by atoms with E-state index in [1.807, 2.05) is 30.1 Å². The lowest BCUT2D eigenvalue weighted by molar-refractivity contribution is 0.651. The number of nitrogens with zero attached hydrogens (tertiary/aromatic N) is 5. The van der Waals surface area contributed by atoms with Gasteiger partial charge in [-0.25, -0.2) is 9.97 Å². The van der Waals surface area contributed by atoms with Gasteiger partial charge in [-0.2, -0.15) is 4.98 Å². The van der Waals surface area contributed by atoms with Crippen molar-refractivity contribution in [2.24, 2.45) is 13.0 Å². The van der Waals surface area contributed by atoms with Crippen LogP contribution in [0.15, 0.2) is 30.9 Å². The van der Waals surface area contributed by atoms with Gasteiger partial charge >= 0.3 is 0 Å². The Labute approximate surface area is 128 Å². The van der Waals surface area contributed by atoms with Gasteiger partial charge in [-0.05, 0) is 43.4 Å². The fraction of sp³-hybridized carbons (Fsp3) is 0.375. The second kappa shape index (κ2) is 5.05. The second-order valence-electron chi connectivity index (χ2n) is 5.98. The number of aromatic nitrogens is 5. The Morgan fingerprint density at radius 1 is 1.27 bits per heavy atom. The summed E-state index contributed by atoms with van der Waals surface area (Å²) in [6.45, 7) is 2.09. The van der Waals surface area contributed by atoms with Gasteiger partial charge in [-0.15, -0.1) is 0 Å². The van der Waals surface area contributed by atoms with Gasteiger partial charge in [0, 0.05) is 13.2 Å². The average Bonchev–Trinajstić information content (AvgIpc) is 3.29. The average molecular weight is 294 g/mol. The molecular weight excluding hydrogens is 276 g/mol. The third-order valence-electron chi connectivity index (χ3n) is 4.12. The molecule has 22 heavy (non-hydrogen) atoms. The van der Waals surface area contributed by atoms with Gasteiger partial charge in [0.2, 0.25) is 5.95 Å². The van der Waals surface area contributed by atoms with Crippen LogP contribution in [0, 0.1) is 12.8 Å². The minimum Gasteiger partial charge on any atom is -0.346 e. The fourth-order valence-electron chi connectivity index (χ4n) is 2.71. The van der Waals surface area contributed by atoms with Crippen LogP contribution in [0.5, 0.6) is 0 Å². The van der Waals surface area contributed by atoms with Crippen LogP contribution in [-0.2, 0) is 7.05 Å². The van der Waals surface area contributed by atoms with Gasteiger partial charge in [-0.1, -0.05) is 0 Å². The molecule has 3 aromatic rings. The molecule has 1 saturated carbocycles. The predicted octanol–water partition coefficient (Wildman–Crippen LogP) is 2.63. The number of hydrogen-bond acceptors (Lipinski definition) is 5. The highest BCUT2D eigenvalue weighted by atomic mass is 15.2. The Hall–Kier alpha value is -2.50. The van der Waals surface area contributed by atoms with Crippen molar-refractivity contribution in [2.45, 2.75) is 25.8 Å². The summed E-state index contributed by atoms with van der Waals surface area (Å²) in [5.74, 6) is 1.23.